The molecule has 0 unspecified atom stereocenters. The molecule has 0 aromatic carbocycles. The smallest absolute Gasteiger partial charge is 0.305 e. The Kier molecular flexibility index (Phi) is 7.39. The molecule has 0 saturated heterocycles. The van der Waals surface area contributed by atoms with Gasteiger partial charge in [-0.2, -0.15) is 0 Å². The Morgan fingerprint density at radius 2 is 1.87 bits per heavy atom. The lowest BCUT2D eigenvalue weighted by Gasteiger charge is -2.17. The first-order chi connectivity index (χ1) is 6.95. The highest BCUT2D eigenvalue weighted by Gasteiger charge is 2.11. The number of rotatable bonds is 7. The van der Waals surface area contributed by atoms with Gasteiger partial charge in [-0.05, 0) is 31.2 Å². The summed E-state index contributed by atoms with van der Waals surface area (Å²) in [5.74, 6) is -0.0729. The van der Waals surface area contributed by atoms with Crippen molar-refractivity contribution in [1.82, 2.24) is 0 Å². The summed E-state index contributed by atoms with van der Waals surface area (Å²) in [5, 5.41) is 0. The molecule has 0 aromatic rings. The summed E-state index contributed by atoms with van der Waals surface area (Å²) in [5.41, 5.74) is 5.59. The highest BCUT2D eigenvalue weighted by molar-refractivity contribution is 5.69. The van der Waals surface area contributed by atoms with Gasteiger partial charge in [0.2, 0.25) is 0 Å². The summed E-state index contributed by atoms with van der Waals surface area (Å²) < 4.78 is 5.13. The molecule has 90 valence electrons. The normalized spacial score (nSPS) is 11.5. The Balaban J connectivity index is 3.34. The van der Waals surface area contributed by atoms with Crippen LogP contribution in [-0.4, -0.2) is 19.1 Å². The topological polar surface area (TPSA) is 52.3 Å². The van der Waals surface area contributed by atoms with Gasteiger partial charge >= 0.3 is 5.97 Å². The number of carbonyl (C=O) groups excluding carboxylic acids is 1. The van der Waals surface area contributed by atoms with Gasteiger partial charge in [-0.3, -0.25) is 4.79 Å². The largest absolute Gasteiger partial charge is 0.466 e. The fraction of sp³-hybridized carbons (Fsp3) is 0.917. The Bertz CT molecular complexity index is 173. The van der Waals surface area contributed by atoms with E-state index < -0.39 is 0 Å². The third-order valence-corrected chi connectivity index (χ3v) is 2.20. The standard InChI is InChI=1S/C12H25NO2/c1-12(2,3)8-10-15-11(14)7-5-4-6-9-13/h4-10,13H2,1-3H3. The van der Waals surface area contributed by atoms with Crippen molar-refractivity contribution in [2.75, 3.05) is 13.2 Å². The van der Waals surface area contributed by atoms with Crippen LogP contribution >= 0.6 is 0 Å². The molecular weight excluding hydrogens is 190 g/mol. The van der Waals surface area contributed by atoms with Gasteiger partial charge in [-0.25, -0.2) is 0 Å². The molecule has 0 spiro atoms. The van der Waals surface area contributed by atoms with Crippen molar-refractivity contribution >= 4 is 5.97 Å². The van der Waals surface area contributed by atoms with Gasteiger partial charge in [0.05, 0.1) is 6.61 Å². The molecule has 0 amide bonds. The van der Waals surface area contributed by atoms with Crippen molar-refractivity contribution in [2.24, 2.45) is 11.1 Å². The highest BCUT2D eigenvalue weighted by Crippen LogP contribution is 2.18. The Morgan fingerprint density at radius 1 is 1.20 bits per heavy atom. The average molecular weight is 215 g/mol. The maximum Gasteiger partial charge on any atom is 0.305 e. The van der Waals surface area contributed by atoms with E-state index in [1.807, 2.05) is 0 Å². The SMILES string of the molecule is CC(C)(C)CCOC(=O)CCCCCN. The van der Waals surface area contributed by atoms with Crippen molar-refractivity contribution in [2.45, 2.75) is 52.9 Å². The molecule has 15 heavy (non-hydrogen) atoms. The van der Waals surface area contributed by atoms with Crippen molar-refractivity contribution in [3.05, 3.63) is 0 Å². The quantitative estimate of drug-likeness (QED) is 0.524. The van der Waals surface area contributed by atoms with E-state index in [-0.39, 0.29) is 11.4 Å². The highest BCUT2D eigenvalue weighted by atomic mass is 16.5. The van der Waals surface area contributed by atoms with Crippen LogP contribution in [0.25, 0.3) is 0 Å². The molecule has 0 radical (unpaired) electrons. The zero-order valence-corrected chi connectivity index (χ0v) is 10.3. The van der Waals surface area contributed by atoms with Crippen LogP contribution in [0, 0.1) is 5.41 Å². The molecule has 0 atom stereocenters. The maximum absolute atomic E-state index is 11.2. The first kappa shape index (κ1) is 14.4. The van der Waals surface area contributed by atoms with E-state index in [2.05, 4.69) is 20.8 Å². The van der Waals surface area contributed by atoms with E-state index in [0.717, 1.165) is 25.7 Å². The molecule has 0 fully saturated rings. The Morgan fingerprint density at radius 3 is 2.40 bits per heavy atom. The van der Waals surface area contributed by atoms with E-state index >= 15 is 0 Å². The molecule has 3 nitrogen and oxygen atoms in total. The van der Waals surface area contributed by atoms with Gasteiger partial charge in [-0.1, -0.05) is 27.2 Å². The van der Waals surface area contributed by atoms with Crippen molar-refractivity contribution < 1.29 is 9.53 Å². The molecule has 0 aliphatic rings. The summed E-state index contributed by atoms with van der Waals surface area (Å²) in [6.07, 6.45) is 4.36. The van der Waals surface area contributed by atoms with Crippen molar-refractivity contribution in [3.8, 4) is 0 Å². The summed E-state index contributed by atoms with van der Waals surface area (Å²) in [6.45, 7) is 7.67. The van der Waals surface area contributed by atoms with E-state index in [1.165, 1.54) is 0 Å². The number of nitrogens with two attached hydrogens (primary N) is 1. The van der Waals surface area contributed by atoms with Crippen LogP contribution < -0.4 is 5.73 Å². The maximum atomic E-state index is 11.2. The van der Waals surface area contributed by atoms with Gasteiger partial charge in [0, 0.05) is 6.42 Å². The number of ether oxygens (including phenoxy) is 1. The summed E-state index contributed by atoms with van der Waals surface area (Å²) in [4.78, 5) is 11.2. The molecule has 3 heteroatoms. The molecule has 0 aliphatic heterocycles. The lowest BCUT2D eigenvalue weighted by atomic mass is 9.93. The second kappa shape index (κ2) is 7.69. The van der Waals surface area contributed by atoms with Crippen molar-refractivity contribution in [1.29, 1.82) is 0 Å². The summed E-state index contributed by atoms with van der Waals surface area (Å²) >= 11 is 0. The average Bonchev–Trinajstić information content (AvgIpc) is 2.10. The van der Waals surface area contributed by atoms with E-state index in [9.17, 15) is 4.79 Å². The molecule has 0 heterocycles. The number of hydrogen-bond acceptors (Lipinski definition) is 3. The molecule has 0 rings (SSSR count). The first-order valence-corrected chi connectivity index (χ1v) is 5.81. The lowest BCUT2D eigenvalue weighted by Crippen LogP contribution is -2.13. The second-order valence-corrected chi connectivity index (χ2v) is 5.13. The second-order valence-electron chi connectivity index (χ2n) is 5.13. The van der Waals surface area contributed by atoms with Gasteiger partial charge in [0.1, 0.15) is 0 Å². The fourth-order valence-electron chi connectivity index (χ4n) is 1.13. The lowest BCUT2D eigenvalue weighted by molar-refractivity contribution is -0.144. The van der Waals surface area contributed by atoms with Gasteiger partial charge < -0.3 is 10.5 Å². The molecule has 0 bridgehead atoms. The molecule has 0 aromatic heterocycles. The van der Waals surface area contributed by atoms with Crippen LogP contribution in [0.1, 0.15) is 52.9 Å². The number of carbonyl (C=O) groups is 1. The van der Waals surface area contributed by atoms with Crippen molar-refractivity contribution in [3.63, 3.8) is 0 Å². The predicted octanol–water partition coefficient (Wildman–Crippen LogP) is 2.48. The third kappa shape index (κ3) is 11.4. The zero-order chi connectivity index (χ0) is 11.7. The minimum atomic E-state index is -0.0729. The first-order valence-electron chi connectivity index (χ1n) is 5.81. The predicted molar refractivity (Wildman–Crippen MR) is 62.6 cm³/mol. The van der Waals surface area contributed by atoms with Gasteiger partial charge in [0.15, 0.2) is 0 Å². The third-order valence-electron chi connectivity index (χ3n) is 2.20. The van der Waals surface area contributed by atoms with E-state index in [0.29, 0.717) is 19.6 Å². The van der Waals surface area contributed by atoms with Gasteiger partial charge in [-0.15, -0.1) is 0 Å². The van der Waals surface area contributed by atoms with E-state index in [4.69, 9.17) is 10.5 Å². The summed E-state index contributed by atoms with van der Waals surface area (Å²) in [7, 11) is 0. The van der Waals surface area contributed by atoms with Crippen LogP contribution in [0.15, 0.2) is 0 Å². The van der Waals surface area contributed by atoms with Crippen LogP contribution in [0.2, 0.25) is 0 Å². The Labute approximate surface area is 93.4 Å². The fourth-order valence-corrected chi connectivity index (χ4v) is 1.13. The Hall–Kier alpha value is -0.570. The van der Waals surface area contributed by atoms with Gasteiger partial charge in [0.25, 0.3) is 0 Å². The molecular formula is C12H25NO2. The van der Waals surface area contributed by atoms with Crippen LogP contribution in [-0.2, 0) is 9.53 Å². The van der Waals surface area contributed by atoms with E-state index in [1.54, 1.807) is 0 Å². The number of hydrogen-bond donors (Lipinski definition) is 1. The molecule has 0 aliphatic carbocycles. The zero-order valence-electron chi connectivity index (χ0n) is 10.3. The minimum Gasteiger partial charge on any atom is -0.466 e. The molecule has 0 saturated carbocycles. The minimum absolute atomic E-state index is 0.0729. The number of esters is 1. The monoisotopic (exact) mass is 215 g/mol. The van der Waals surface area contributed by atoms with Crippen LogP contribution in [0.3, 0.4) is 0 Å². The van der Waals surface area contributed by atoms with Crippen LogP contribution in [0.4, 0.5) is 0 Å². The van der Waals surface area contributed by atoms with Crippen LogP contribution in [0.5, 0.6) is 0 Å². The number of unbranched alkanes of at least 4 members (excludes halogenated alkanes) is 2. The molecule has 2 N–H and O–H groups in total. The summed E-state index contributed by atoms with van der Waals surface area (Å²) in [6, 6.07) is 0.